The van der Waals surface area contributed by atoms with Crippen molar-refractivity contribution in [1.82, 2.24) is 9.97 Å². The van der Waals surface area contributed by atoms with Crippen molar-refractivity contribution in [1.29, 1.82) is 0 Å². The summed E-state index contributed by atoms with van der Waals surface area (Å²) >= 11 is 0. The third-order valence-electron chi connectivity index (χ3n) is 2.39. The van der Waals surface area contributed by atoms with Gasteiger partial charge in [0.15, 0.2) is 0 Å². The summed E-state index contributed by atoms with van der Waals surface area (Å²) in [6.45, 7) is 1.84. The van der Waals surface area contributed by atoms with Gasteiger partial charge in [-0.15, -0.1) is 0 Å². The first-order valence-corrected chi connectivity index (χ1v) is 5.49. The number of nitrogens with one attached hydrogen (secondary N) is 1. The molecule has 0 aromatic carbocycles. The van der Waals surface area contributed by atoms with E-state index in [4.69, 9.17) is 5.11 Å². The second-order valence-corrected chi connectivity index (χ2v) is 3.91. The predicted octanol–water partition coefficient (Wildman–Crippen LogP) is 1.74. The summed E-state index contributed by atoms with van der Waals surface area (Å²) in [5, 5.41) is 11.6. The maximum absolute atomic E-state index is 12.0. The van der Waals surface area contributed by atoms with Crippen LogP contribution in [0, 0.1) is 6.92 Å². The van der Waals surface area contributed by atoms with Crippen molar-refractivity contribution < 1.29 is 14.7 Å². The van der Waals surface area contributed by atoms with Crippen molar-refractivity contribution in [2.24, 2.45) is 0 Å². The molecule has 0 unspecified atom stereocenters. The monoisotopic (exact) mass is 257 g/mol. The molecular weight excluding hydrogens is 246 g/mol. The van der Waals surface area contributed by atoms with Crippen LogP contribution in [-0.2, 0) is 0 Å². The first-order chi connectivity index (χ1) is 9.08. The van der Waals surface area contributed by atoms with E-state index in [-0.39, 0.29) is 11.3 Å². The Labute approximate surface area is 109 Å². The number of pyridine rings is 2. The van der Waals surface area contributed by atoms with Crippen LogP contribution in [0.3, 0.4) is 0 Å². The van der Waals surface area contributed by atoms with Gasteiger partial charge in [-0.2, -0.15) is 0 Å². The highest BCUT2D eigenvalue weighted by molar-refractivity contribution is 6.09. The number of aromatic carboxylic acids is 1. The van der Waals surface area contributed by atoms with Crippen LogP contribution in [0.4, 0.5) is 5.69 Å². The van der Waals surface area contributed by atoms with Gasteiger partial charge in [-0.25, -0.2) is 4.79 Å². The highest BCUT2D eigenvalue weighted by atomic mass is 16.4. The molecule has 0 atom stereocenters. The summed E-state index contributed by atoms with van der Waals surface area (Å²) < 4.78 is 0. The minimum Gasteiger partial charge on any atom is -0.478 e. The van der Waals surface area contributed by atoms with Gasteiger partial charge in [-0.3, -0.25) is 14.8 Å². The van der Waals surface area contributed by atoms with E-state index < -0.39 is 11.9 Å². The lowest BCUT2D eigenvalue weighted by molar-refractivity contribution is 0.0691. The van der Waals surface area contributed by atoms with Gasteiger partial charge in [0.25, 0.3) is 5.91 Å². The number of hydrogen-bond donors (Lipinski definition) is 2. The molecule has 2 rings (SSSR count). The van der Waals surface area contributed by atoms with E-state index >= 15 is 0 Å². The summed E-state index contributed by atoms with van der Waals surface area (Å²) in [5.41, 5.74) is 1.11. The molecule has 2 aromatic heterocycles. The molecule has 2 N–H and O–H groups in total. The van der Waals surface area contributed by atoms with Gasteiger partial charge < -0.3 is 10.4 Å². The molecule has 0 aliphatic heterocycles. The zero-order valence-electron chi connectivity index (χ0n) is 10.1. The number of hydrogen-bond acceptors (Lipinski definition) is 4. The zero-order valence-corrected chi connectivity index (χ0v) is 10.1. The third-order valence-corrected chi connectivity index (χ3v) is 2.39. The fourth-order valence-electron chi connectivity index (χ4n) is 1.57. The van der Waals surface area contributed by atoms with E-state index in [1.54, 1.807) is 12.3 Å². The number of aryl methyl sites for hydroxylation is 1. The molecule has 0 aliphatic carbocycles. The SMILES string of the molecule is Cc1cncc(NC(=O)c2ncccc2C(=O)O)c1. The highest BCUT2D eigenvalue weighted by Crippen LogP contribution is 2.11. The molecule has 0 saturated heterocycles. The van der Waals surface area contributed by atoms with Crippen LogP contribution < -0.4 is 5.32 Å². The zero-order chi connectivity index (χ0) is 13.8. The minimum absolute atomic E-state index is 0.128. The van der Waals surface area contributed by atoms with Crippen molar-refractivity contribution in [3.05, 3.63) is 53.6 Å². The second-order valence-electron chi connectivity index (χ2n) is 3.91. The normalized spacial score (nSPS) is 9.95. The van der Waals surface area contributed by atoms with Gasteiger partial charge in [-0.05, 0) is 30.7 Å². The van der Waals surface area contributed by atoms with Gasteiger partial charge in [0.2, 0.25) is 0 Å². The van der Waals surface area contributed by atoms with Crippen LogP contribution in [-0.4, -0.2) is 27.0 Å². The van der Waals surface area contributed by atoms with Crippen LogP contribution in [0.15, 0.2) is 36.8 Å². The van der Waals surface area contributed by atoms with Gasteiger partial charge in [-0.1, -0.05) is 0 Å². The van der Waals surface area contributed by atoms with Crippen molar-refractivity contribution >= 4 is 17.6 Å². The average Bonchev–Trinajstić information content (AvgIpc) is 2.38. The molecule has 2 heterocycles. The number of carboxylic acid groups (broad SMARTS) is 1. The molecule has 0 radical (unpaired) electrons. The molecule has 0 fully saturated rings. The van der Waals surface area contributed by atoms with Gasteiger partial charge >= 0.3 is 5.97 Å². The molecule has 0 bridgehead atoms. The molecule has 6 heteroatoms. The smallest absolute Gasteiger partial charge is 0.338 e. The van der Waals surface area contributed by atoms with Gasteiger partial charge in [0.1, 0.15) is 5.69 Å². The molecule has 19 heavy (non-hydrogen) atoms. The van der Waals surface area contributed by atoms with Gasteiger partial charge in [0.05, 0.1) is 17.4 Å². The lowest BCUT2D eigenvalue weighted by atomic mass is 10.2. The van der Waals surface area contributed by atoms with Crippen molar-refractivity contribution in [2.45, 2.75) is 6.92 Å². The summed E-state index contributed by atoms with van der Waals surface area (Å²) in [7, 11) is 0. The minimum atomic E-state index is -1.19. The number of rotatable bonds is 3. The van der Waals surface area contributed by atoms with Crippen molar-refractivity contribution in [3.63, 3.8) is 0 Å². The number of carboxylic acids is 1. The Morgan fingerprint density at radius 1 is 1.32 bits per heavy atom. The molecular formula is C13H11N3O3. The molecule has 0 aliphatic rings. The number of nitrogens with zero attached hydrogens (tertiary/aromatic N) is 2. The first-order valence-electron chi connectivity index (χ1n) is 5.49. The fourth-order valence-corrected chi connectivity index (χ4v) is 1.57. The molecule has 2 aromatic rings. The Morgan fingerprint density at radius 2 is 2.11 bits per heavy atom. The Balaban J connectivity index is 2.28. The largest absolute Gasteiger partial charge is 0.478 e. The van der Waals surface area contributed by atoms with E-state index in [2.05, 4.69) is 15.3 Å². The van der Waals surface area contributed by atoms with Crippen molar-refractivity contribution in [3.8, 4) is 0 Å². The highest BCUT2D eigenvalue weighted by Gasteiger charge is 2.17. The van der Waals surface area contributed by atoms with E-state index in [9.17, 15) is 9.59 Å². The molecule has 96 valence electrons. The lowest BCUT2D eigenvalue weighted by Crippen LogP contribution is -2.18. The first kappa shape index (κ1) is 12.7. The number of carbonyl (C=O) groups is 2. The molecule has 6 nitrogen and oxygen atoms in total. The van der Waals surface area contributed by atoms with E-state index in [0.717, 1.165) is 5.56 Å². The van der Waals surface area contributed by atoms with E-state index in [0.29, 0.717) is 5.69 Å². The Kier molecular flexibility index (Phi) is 3.51. The van der Waals surface area contributed by atoms with Crippen molar-refractivity contribution in [2.75, 3.05) is 5.32 Å². The summed E-state index contributed by atoms with van der Waals surface area (Å²) in [6, 6.07) is 4.53. The second kappa shape index (κ2) is 5.26. The third kappa shape index (κ3) is 2.92. The van der Waals surface area contributed by atoms with Crippen LogP contribution >= 0.6 is 0 Å². The summed E-state index contributed by atoms with van der Waals surface area (Å²) in [6.07, 6.45) is 4.50. The number of carbonyl (C=O) groups excluding carboxylic acids is 1. The molecule has 0 saturated carbocycles. The quantitative estimate of drug-likeness (QED) is 0.873. The predicted molar refractivity (Wildman–Crippen MR) is 68.1 cm³/mol. The fraction of sp³-hybridized carbons (Fsp3) is 0.0769. The van der Waals surface area contributed by atoms with Gasteiger partial charge in [0, 0.05) is 12.4 Å². The van der Waals surface area contributed by atoms with Crippen LogP contribution in [0.2, 0.25) is 0 Å². The summed E-state index contributed by atoms with van der Waals surface area (Å²) in [4.78, 5) is 30.7. The van der Waals surface area contributed by atoms with E-state index in [1.807, 2.05) is 6.92 Å². The average molecular weight is 257 g/mol. The Hall–Kier alpha value is -2.76. The topological polar surface area (TPSA) is 92.2 Å². The number of aromatic nitrogens is 2. The van der Waals surface area contributed by atoms with Crippen LogP contribution in [0.25, 0.3) is 0 Å². The summed E-state index contributed by atoms with van der Waals surface area (Å²) in [5.74, 6) is -1.77. The van der Waals surface area contributed by atoms with Crippen LogP contribution in [0.1, 0.15) is 26.4 Å². The van der Waals surface area contributed by atoms with Crippen LogP contribution in [0.5, 0.6) is 0 Å². The van der Waals surface area contributed by atoms with E-state index in [1.165, 1.54) is 24.5 Å². The Morgan fingerprint density at radius 3 is 2.79 bits per heavy atom. The lowest BCUT2D eigenvalue weighted by Gasteiger charge is -2.06. The number of anilines is 1. The Bertz CT molecular complexity index is 641. The maximum Gasteiger partial charge on any atom is 0.338 e. The maximum atomic E-state index is 12.0. The molecule has 0 spiro atoms. The molecule has 1 amide bonds. The number of amides is 1. The standard InChI is InChI=1S/C13H11N3O3/c1-8-5-9(7-14-6-8)16-12(17)11-10(13(18)19)3-2-4-15-11/h2-7H,1H3,(H,16,17)(H,18,19).